The summed E-state index contributed by atoms with van der Waals surface area (Å²) in [7, 11) is 3.31. The molecule has 236 valence electrons. The smallest absolute Gasteiger partial charge is 0.174 e. The summed E-state index contributed by atoms with van der Waals surface area (Å²) < 4.78 is 18.3. The summed E-state index contributed by atoms with van der Waals surface area (Å²) in [4.78, 5) is 30.5. The average Bonchev–Trinajstić information content (AvgIpc) is 2.93. The molecule has 2 aliphatic carbocycles. The Balaban J connectivity index is 1.63. The lowest BCUT2D eigenvalue weighted by Gasteiger charge is -2.49. The Morgan fingerprint density at radius 2 is 1.50 bits per heavy atom. The Kier molecular flexibility index (Phi) is 9.82. The number of carbonyl (C=O) groups excluding carboxylic acids is 2. The number of Topliss-reactive ketones (excluding diaryl/α,β-unsaturated/α-hetero) is 2. The number of rotatable bonds is 9. The molecule has 0 fully saturated rings. The van der Waals surface area contributed by atoms with E-state index in [-0.39, 0.29) is 29.0 Å². The van der Waals surface area contributed by atoms with Gasteiger partial charge in [0.15, 0.2) is 23.1 Å². The molecule has 3 aliphatic rings. The molecule has 1 heterocycles. The van der Waals surface area contributed by atoms with Gasteiger partial charge in [0.25, 0.3) is 0 Å². The molecule has 0 atom stereocenters. The monoisotopic (exact) mass is 751 g/mol. The predicted molar refractivity (Wildman–Crippen MR) is 183 cm³/mol. The lowest BCUT2D eigenvalue weighted by Crippen LogP contribution is -2.44. The van der Waals surface area contributed by atoms with E-state index in [1.807, 2.05) is 18.2 Å². The fourth-order valence-corrected chi connectivity index (χ4v) is 7.95. The summed E-state index contributed by atoms with van der Waals surface area (Å²) in [6, 6.07) is 9.38. The van der Waals surface area contributed by atoms with Gasteiger partial charge in [-0.25, -0.2) is 0 Å². The number of ketones is 2. The normalized spacial score (nSPS) is 19.7. The van der Waals surface area contributed by atoms with Gasteiger partial charge in [-0.1, -0.05) is 57.0 Å². The van der Waals surface area contributed by atoms with E-state index in [1.54, 1.807) is 26.4 Å². The minimum atomic E-state index is -0.461. The van der Waals surface area contributed by atoms with Gasteiger partial charge < -0.3 is 19.1 Å². The van der Waals surface area contributed by atoms with Crippen molar-refractivity contribution in [2.24, 2.45) is 10.8 Å². The maximum atomic E-state index is 14.1. The molecule has 6 nitrogen and oxygen atoms in total. The highest BCUT2D eigenvalue weighted by Gasteiger charge is 2.49. The van der Waals surface area contributed by atoms with E-state index in [2.05, 4.69) is 55.2 Å². The van der Waals surface area contributed by atoms with Gasteiger partial charge in [0.1, 0.15) is 6.61 Å². The maximum absolute atomic E-state index is 14.1. The standard InChI is InChI=1S/C35H40Cl2INO5/c1-34(2)15-25-31(27(40)17-34)30(32-26(39(25)10-7-11-42-5)16-35(3,4)18-28(32)41)21-13-24(38)33(29(14-21)43-6)44-19-20-8-9-22(36)23(37)12-20/h8-9,12-14,30H,7,10-11,15-19H2,1-6H3. The zero-order chi connectivity index (χ0) is 32.0. The van der Waals surface area contributed by atoms with Gasteiger partial charge >= 0.3 is 0 Å². The van der Waals surface area contributed by atoms with Crippen LogP contribution in [-0.2, 0) is 20.9 Å². The van der Waals surface area contributed by atoms with Crippen LogP contribution in [0.2, 0.25) is 10.0 Å². The second kappa shape index (κ2) is 13.0. The van der Waals surface area contributed by atoms with Crippen molar-refractivity contribution in [1.82, 2.24) is 4.90 Å². The van der Waals surface area contributed by atoms with Gasteiger partial charge in [-0.2, -0.15) is 0 Å². The van der Waals surface area contributed by atoms with Gasteiger partial charge in [-0.3, -0.25) is 9.59 Å². The molecule has 2 aromatic rings. The Bertz CT molecular complexity index is 1510. The van der Waals surface area contributed by atoms with E-state index in [4.69, 9.17) is 37.4 Å². The number of ether oxygens (including phenoxy) is 3. The van der Waals surface area contributed by atoms with E-state index < -0.39 is 5.92 Å². The number of halogens is 3. The first-order chi connectivity index (χ1) is 20.7. The summed E-state index contributed by atoms with van der Waals surface area (Å²) >= 11 is 14.6. The second-order valence-electron chi connectivity index (χ2n) is 13.6. The number of carbonyl (C=O) groups is 2. The lowest BCUT2D eigenvalue weighted by molar-refractivity contribution is -0.119. The maximum Gasteiger partial charge on any atom is 0.174 e. The number of hydrogen-bond donors (Lipinski definition) is 0. The van der Waals surface area contributed by atoms with E-state index in [0.29, 0.717) is 47.5 Å². The molecule has 0 aromatic heterocycles. The largest absolute Gasteiger partial charge is 0.493 e. The van der Waals surface area contributed by atoms with Crippen LogP contribution in [0.3, 0.4) is 0 Å². The molecule has 0 bridgehead atoms. The van der Waals surface area contributed by atoms with Crippen molar-refractivity contribution < 1.29 is 23.8 Å². The van der Waals surface area contributed by atoms with Crippen LogP contribution < -0.4 is 9.47 Å². The Morgan fingerprint density at radius 3 is 2.05 bits per heavy atom. The van der Waals surface area contributed by atoms with Gasteiger partial charge in [0.2, 0.25) is 0 Å². The number of benzene rings is 2. The van der Waals surface area contributed by atoms with Crippen LogP contribution in [0, 0.1) is 14.4 Å². The predicted octanol–water partition coefficient (Wildman–Crippen LogP) is 8.91. The summed E-state index contributed by atoms with van der Waals surface area (Å²) in [5.74, 6) is 0.895. The van der Waals surface area contributed by atoms with Crippen molar-refractivity contribution in [2.45, 2.75) is 72.3 Å². The van der Waals surface area contributed by atoms with Gasteiger partial charge in [-0.15, -0.1) is 0 Å². The first-order valence-corrected chi connectivity index (χ1v) is 16.8. The van der Waals surface area contributed by atoms with Gasteiger partial charge in [0.05, 0.1) is 20.7 Å². The highest BCUT2D eigenvalue weighted by Crippen LogP contribution is 2.55. The molecule has 0 radical (unpaired) electrons. The Morgan fingerprint density at radius 1 is 0.886 bits per heavy atom. The molecule has 0 unspecified atom stereocenters. The number of methoxy groups -OCH3 is 2. The van der Waals surface area contributed by atoms with Crippen LogP contribution in [0.1, 0.15) is 76.8 Å². The first-order valence-electron chi connectivity index (χ1n) is 15.0. The summed E-state index contributed by atoms with van der Waals surface area (Å²) in [6.45, 7) is 10.2. The van der Waals surface area contributed by atoms with E-state index in [0.717, 1.165) is 56.5 Å². The molecular weight excluding hydrogens is 712 g/mol. The summed E-state index contributed by atoms with van der Waals surface area (Å²) in [5.41, 5.74) is 4.97. The number of allylic oxidation sites excluding steroid dienone is 4. The second-order valence-corrected chi connectivity index (χ2v) is 15.6. The molecule has 2 aromatic carbocycles. The van der Waals surface area contributed by atoms with Crippen molar-refractivity contribution in [3.63, 3.8) is 0 Å². The Labute approximate surface area is 284 Å². The molecule has 5 rings (SSSR count). The van der Waals surface area contributed by atoms with E-state index in [9.17, 15) is 9.59 Å². The van der Waals surface area contributed by atoms with Crippen LogP contribution in [0.25, 0.3) is 0 Å². The lowest BCUT2D eigenvalue weighted by atomic mass is 9.63. The highest BCUT2D eigenvalue weighted by atomic mass is 127. The third kappa shape index (κ3) is 6.72. The quantitative estimate of drug-likeness (QED) is 0.189. The molecule has 0 spiro atoms. The Hall–Kier alpha value is -2.07. The first kappa shape index (κ1) is 33.3. The van der Waals surface area contributed by atoms with E-state index in [1.165, 1.54) is 0 Å². The third-order valence-electron chi connectivity index (χ3n) is 8.70. The van der Waals surface area contributed by atoms with Crippen molar-refractivity contribution >= 4 is 57.4 Å². The molecule has 0 N–H and O–H groups in total. The van der Waals surface area contributed by atoms with Crippen LogP contribution in [-0.4, -0.2) is 43.8 Å². The topological polar surface area (TPSA) is 65.1 Å². The van der Waals surface area contributed by atoms with Crippen molar-refractivity contribution in [3.05, 3.63) is 77.6 Å². The molecule has 0 amide bonds. The van der Waals surface area contributed by atoms with Crippen LogP contribution in [0.5, 0.6) is 11.5 Å². The zero-order valence-electron chi connectivity index (χ0n) is 26.2. The van der Waals surface area contributed by atoms with E-state index >= 15 is 0 Å². The molecule has 9 heteroatoms. The molecule has 0 saturated heterocycles. The minimum absolute atomic E-state index is 0.107. The molecule has 0 saturated carbocycles. The average molecular weight is 753 g/mol. The number of hydrogen-bond acceptors (Lipinski definition) is 6. The number of nitrogens with zero attached hydrogens (tertiary/aromatic N) is 1. The summed E-state index contributed by atoms with van der Waals surface area (Å²) in [5, 5.41) is 0.951. The highest BCUT2D eigenvalue weighted by molar-refractivity contribution is 14.1. The van der Waals surface area contributed by atoms with Crippen molar-refractivity contribution in [1.29, 1.82) is 0 Å². The molecular formula is C35H40Cl2INO5. The summed E-state index contributed by atoms with van der Waals surface area (Å²) in [6.07, 6.45) is 3.21. The fourth-order valence-electron chi connectivity index (χ4n) is 6.85. The SMILES string of the molecule is COCCCN1C2=C(C(=O)CC(C)(C)C2)C(c2cc(I)c(OCc3ccc(Cl)c(Cl)c3)c(OC)c2)C2=C1CC(C)(C)CC2=O. The van der Waals surface area contributed by atoms with Gasteiger partial charge in [0, 0.05) is 61.6 Å². The molecule has 1 aliphatic heterocycles. The van der Waals surface area contributed by atoms with Crippen LogP contribution in [0.15, 0.2) is 52.9 Å². The van der Waals surface area contributed by atoms with Crippen LogP contribution in [0.4, 0.5) is 0 Å². The third-order valence-corrected chi connectivity index (χ3v) is 10.2. The van der Waals surface area contributed by atoms with Crippen molar-refractivity contribution in [2.75, 3.05) is 27.4 Å². The molecule has 44 heavy (non-hydrogen) atoms. The minimum Gasteiger partial charge on any atom is -0.493 e. The van der Waals surface area contributed by atoms with Crippen molar-refractivity contribution in [3.8, 4) is 11.5 Å². The van der Waals surface area contributed by atoms with Gasteiger partial charge in [-0.05, 0) is 88.1 Å². The van der Waals surface area contributed by atoms with Crippen LogP contribution >= 0.6 is 45.8 Å². The zero-order valence-corrected chi connectivity index (χ0v) is 29.9. The fraction of sp³-hybridized carbons (Fsp3) is 0.486.